The van der Waals surface area contributed by atoms with Gasteiger partial charge in [-0.05, 0) is 30.5 Å². The molecule has 1 amide bonds. The maximum Gasteiger partial charge on any atom is 0.274 e. The van der Waals surface area contributed by atoms with Crippen molar-refractivity contribution in [2.75, 3.05) is 13.2 Å². The lowest BCUT2D eigenvalue weighted by molar-refractivity contribution is 0.0722. The smallest absolute Gasteiger partial charge is 0.274 e. The zero-order valence-electron chi connectivity index (χ0n) is 14.3. The normalized spacial score (nSPS) is 11.1. The number of furan rings is 1. The monoisotopic (exact) mass is 342 g/mol. The van der Waals surface area contributed by atoms with Gasteiger partial charge in [0.05, 0.1) is 12.8 Å². The predicted octanol–water partition coefficient (Wildman–Crippen LogP) is 2.30. The number of fused-ring (bicyclic) bond motifs is 1. The molecule has 0 aliphatic rings. The summed E-state index contributed by atoms with van der Waals surface area (Å²) in [5, 5.41) is 13.4. The Labute approximate surface area is 145 Å². The maximum absolute atomic E-state index is 12.9. The van der Waals surface area contributed by atoms with Gasteiger partial charge in [0, 0.05) is 31.6 Å². The second kappa shape index (κ2) is 7.94. The Bertz CT molecular complexity index is 826. The third-order valence-electron chi connectivity index (χ3n) is 3.98. The second-order valence-corrected chi connectivity index (χ2v) is 5.93. The molecule has 0 saturated carbocycles. The number of rotatable bonds is 8. The lowest BCUT2D eigenvalue weighted by Crippen LogP contribution is -2.31. The average Bonchev–Trinajstić information content (AvgIpc) is 3.27. The number of unbranched alkanes of at least 4 members (excludes halogenated alkanes) is 1. The first-order valence-electron chi connectivity index (χ1n) is 8.48. The van der Waals surface area contributed by atoms with Crippen LogP contribution in [0.5, 0.6) is 0 Å². The first kappa shape index (κ1) is 17.2. The fourth-order valence-corrected chi connectivity index (χ4v) is 2.63. The van der Waals surface area contributed by atoms with E-state index in [-0.39, 0.29) is 12.5 Å². The van der Waals surface area contributed by atoms with Gasteiger partial charge in [-0.3, -0.25) is 4.79 Å². The molecular weight excluding hydrogens is 320 g/mol. The molecule has 3 heterocycles. The van der Waals surface area contributed by atoms with Crippen molar-refractivity contribution in [2.24, 2.45) is 0 Å². The quantitative estimate of drug-likeness (QED) is 0.679. The molecule has 0 atom stereocenters. The van der Waals surface area contributed by atoms with Crippen LogP contribution in [-0.2, 0) is 13.0 Å². The molecule has 25 heavy (non-hydrogen) atoms. The van der Waals surface area contributed by atoms with Crippen LogP contribution < -0.4 is 0 Å². The van der Waals surface area contributed by atoms with Crippen molar-refractivity contribution in [1.29, 1.82) is 0 Å². The van der Waals surface area contributed by atoms with Crippen LogP contribution in [0.2, 0.25) is 0 Å². The highest BCUT2D eigenvalue weighted by Gasteiger charge is 2.20. The highest BCUT2D eigenvalue weighted by atomic mass is 16.3. The molecule has 0 saturated heterocycles. The van der Waals surface area contributed by atoms with Gasteiger partial charge in [-0.15, -0.1) is 0 Å². The van der Waals surface area contributed by atoms with Crippen LogP contribution in [0.3, 0.4) is 0 Å². The molecule has 1 N–H and O–H groups in total. The number of aliphatic hydroxyl groups excluding tert-OH is 1. The summed E-state index contributed by atoms with van der Waals surface area (Å²) in [6, 6.07) is 5.36. The molecular formula is C18H22N4O3. The van der Waals surface area contributed by atoms with Crippen LogP contribution in [0, 0.1) is 0 Å². The van der Waals surface area contributed by atoms with E-state index in [1.54, 1.807) is 34.1 Å². The fraction of sp³-hybridized carbons (Fsp3) is 0.389. The lowest BCUT2D eigenvalue weighted by Gasteiger charge is -2.20. The van der Waals surface area contributed by atoms with Crippen LogP contribution in [0.25, 0.3) is 5.65 Å². The number of carbonyl (C=O) groups excluding carboxylic acids is 1. The Morgan fingerprint density at radius 3 is 3.04 bits per heavy atom. The summed E-state index contributed by atoms with van der Waals surface area (Å²) >= 11 is 0. The minimum Gasteiger partial charge on any atom is -0.467 e. The molecule has 0 bridgehead atoms. The van der Waals surface area contributed by atoms with E-state index in [0.717, 1.165) is 24.2 Å². The summed E-state index contributed by atoms with van der Waals surface area (Å²) in [5.74, 6) is 0.607. The van der Waals surface area contributed by atoms with Gasteiger partial charge in [-0.1, -0.05) is 13.3 Å². The molecule has 0 aliphatic heterocycles. The molecule has 3 aromatic heterocycles. The van der Waals surface area contributed by atoms with E-state index < -0.39 is 0 Å². The topological polar surface area (TPSA) is 83.9 Å². The van der Waals surface area contributed by atoms with Gasteiger partial charge in [0.2, 0.25) is 0 Å². The molecule has 0 aliphatic carbocycles. The summed E-state index contributed by atoms with van der Waals surface area (Å²) in [7, 11) is 0. The predicted molar refractivity (Wildman–Crippen MR) is 92.1 cm³/mol. The van der Waals surface area contributed by atoms with E-state index in [4.69, 9.17) is 9.52 Å². The van der Waals surface area contributed by atoms with Gasteiger partial charge in [-0.2, -0.15) is 5.10 Å². The highest BCUT2D eigenvalue weighted by Crippen LogP contribution is 2.13. The number of aliphatic hydroxyl groups is 1. The molecule has 3 rings (SSSR count). The second-order valence-electron chi connectivity index (χ2n) is 5.93. The summed E-state index contributed by atoms with van der Waals surface area (Å²) < 4.78 is 6.96. The average molecular weight is 342 g/mol. The summed E-state index contributed by atoms with van der Waals surface area (Å²) in [5.41, 5.74) is 1.84. The Kier molecular flexibility index (Phi) is 5.45. The fourth-order valence-electron chi connectivity index (χ4n) is 2.63. The number of nitrogens with zero attached hydrogens (tertiary/aromatic N) is 4. The first-order valence-corrected chi connectivity index (χ1v) is 8.48. The zero-order chi connectivity index (χ0) is 17.6. The first-order chi connectivity index (χ1) is 12.2. The number of aromatic nitrogens is 3. The third kappa shape index (κ3) is 4.06. The van der Waals surface area contributed by atoms with Gasteiger partial charge < -0.3 is 14.4 Å². The van der Waals surface area contributed by atoms with Crippen molar-refractivity contribution in [1.82, 2.24) is 19.5 Å². The number of carbonyl (C=O) groups is 1. The highest BCUT2D eigenvalue weighted by molar-refractivity contribution is 5.93. The van der Waals surface area contributed by atoms with Gasteiger partial charge in [0.1, 0.15) is 5.76 Å². The molecule has 7 heteroatoms. The van der Waals surface area contributed by atoms with Crippen LogP contribution in [-0.4, -0.2) is 43.7 Å². The number of hydrogen-bond acceptors (Lipinski definition) is 5. The van der Waals surface area contributed by atoms with Gasteiger partial charge >= 0.3 is 0 Å². The van der Waals surface area contributed by atoms with Gasteiger partial charge in [0.25, 0.3) is 5.91 Å². The summed E-state index contributed by atoms with van der Waals surface area (Å²) in [4.78, 5) is 18.9. The SMILES string of the molecule is CCCCN(Cc1ccco1)C(=O)c1cc2ncc(CCO)cn2n1. The van der Waals surface area contributed by atoms with Crippen LogP contribution in [0.4, 0.5) is 0 Å². The van der Waals surface area contributed by atoms with Crippen LogP contribution in [0.1, 0.15) is 41.6 Å². The number of hydrogen-bond donors (Lipinski definition) is 1. The van der Waals surface area contributed by atoms with E-state index in [1.807, 2.05) is 12.1 Å². The van der Waals surface area contributed by atoms with E-state index in [9.17, 15) is 4.79 Å². The minimum atomic E-state index is -0.140. The Balaban J connectivity index is 1.83. The Morgan fingerprint density at radius 1 is 1.44 bits per heavy atom. The minimum absolute atomic E-state index is 0.0498. The molecule has 132 valence electrons. The van der Waals surface area contributed by atoms with Crippen molar-refractivity contribution < 1.29 is 14.3 Å². The Morgan fingerprint density at radius 2 is 2.32 bits per heavy atom. The molecule has 0 unspecified atom stereocenters. The largest absolute Gasteiger partial charge is 0.467 e. The molecule has 0 radical (unpaired) electrons. The van der Waals surface area contributed by atoms with E-state index in [1.165, 1.54) is 0 Å². The van der Waals surface area contributed by atoms with Gasteiger partial charge in [0.15, 0.2) is 11.3 Å². The number of amides is 1. The molecule has 0 aromatic carbocycles. The Hall–Kier alpha value is -2.67. The van der Waals surface area contributed by atoms with Crippen LogP contribution in [0.15, 0.2) is 41.3 Å². The van der Waals surface area contributed by atoms with Crippen molar-refractivity contribution in [3.63, 3.8) is 0 Å². The van der Waals surface area contributed by atoms with Gasteiger partial charge in [-0.25, -0.2) is 9.50 Å². The van der Waals surface area contributed by atoms with Crippen molar-refractivity contribution >= 4 is 11.6 Å². The molecule has 0 fully saturated rings. The van der Waals surface area contributed by atoms with Crippen LogP contribution >= 0.6 is 0 Å². The lowest BCUT2D eigenvalue weighted by atomic mass is 10.2. The molecule has 0 spiro atoms. The standard InChI is InChI=1S/C18H22N4O3/c1-2-3-7-21(13-15-5-4-9-25-15)18(24)16-10-17-19-11-14(6-8-23)12-22(17)20-16/h4-5,9-12,23H,2-3,6-8,13H2,1H3. The summed E-state index contributed by atoms with van der Waals surface area (Å²) in [6.07, 6.45) is 7.51. The van der Waals surface area contributed by atoms with Crippen molar-refractivity contribution in [3.8, 4) is 0 Å². The third-order valence-corrected chi connectivity index (χ3v) is 3.98. The molecule has 3 aromatic rings. The maximum atomic E-state index is 12.9. The zero-order valence-corrected chi connectivity index (χ0v) is 14.3. The van der Waals surface area contributed by atoms with Crippen molar-refractivity contribution in [2.45, 2.75) is 32.7 Å². The van der Waals surface area contributed by atoms with Crippen molar-refractivity contribution in [3.05, 3.63) is 53.9 Å². The summed E-state index contributed by atoms with van der Waals surface area (Å²) in [6.45, 7) is 3.21. The van der Waals surface area contributed by atoms with E-state index in [0.29, 0.717) is 30.9 Å². The van der Waals surface area contributed by atoms with E-state index in [2.05, 4.69) is 17.0 Å². The van der Waals surface area contributed by atoms with E-state index >= 15 is 0 Å². The molecule has 7 nitrogen and oxygen atoms in total.